The first-order valence-corrected chi connectivity index (χ1v) is 11.6. The second-order valence-electron chi connectivity index (χ2n) is 9.59. The largest absolute Gasteiger partial charge is 0.444 e. The number of benzene rings is 2. The molecule has 31 heavy (non-hydrogen) atoms. The fourth-order valence-corrected chi connectivity index (χ4v) is 5.66. The van der Waals surface area contributed by atoms with Crippen molar-refractivity contribution in [1.29, 1.82) is 0 Å². The Morgan fingerprint density at radius 3 is 2.71 bits per heavy atom. The number of hydrogen-bond donors (Lipinski definition) is 1. The maximum absolute atomic E-state index is 12.8. The number of likely N-dealkylation sites (tertiary alicyclic amines) is 1. The van der Waals surface area contributed by atoms with Crippen LogP contribution in [-0.4, -0.2) is 48.8 Å². The fourth-order valence-electron chi connectivity index (χ4n) is 5.14. The van der Waals surface area contributed by atoms with Crippen LogP contribution >= 0.6 is 23.2 Å². The lowest BCUT2D eigenvalue weighted by Gasteiger charge is -2.40. The van der Waals surface area contributed by atoms with Gasteiger partial charge in [0.25, 0.3) is 0 Å². The molecule has 1 amide bonds. The molecule has 2 atom stereocenters. The first-order chi connectivity index (χ1) is 14.7. The van der Waals surface area contributed by atoms with Gasteiger partial charge >= 0.3 is 6.09 Å². The molecule has 0 saturated carbocycles. The molecule has 164 valence electrons. The van der Waals surface area contributed by atoms with Gasteiger partial charge in [-0.15, -0.1) is 0 Å². The average Bonchev–Trinajstić information content (AvgIpc) is 3.01. The first kappa shape index (κ1) is 20.8. The molecule has 0 aliphatic carbocycles. The molecule has 7 heteroatoms. The van der Waals surface area contributed by atoms with Gasteiger partial charge in [0, 0.05) is 53.7 Å². The van der Waals surface area contributed by atoms with Crippen LogP contribution in [0.5, 0.6) is 0 Å². The van der Waals surface area contributed by atoms with Crippen molar-refractivity contribution in [2.75, 3.05) is 36.4 Å². The summed E-state index contributed by atoms with van der Waals surface area (Å²) in [5.41, 5.74) is 5.24. The summed E-state index contributed by atoms with van der Waals surface area (Å²) in [7, 11) is 0. The molecule has 1 saturated heterocycles. The van der Waals surface area contributed by atoms with Crippen molar-refractivity contribution in [2.24, 2.45) is 0 Å². The molecule has 3 heterocycles. The predicted octanol–water partition coefficient (Wildman–Crippen LogP) is 6.00. The van der Waals surface area contributed by atoms with Crippen molar-refractivity contribution in [2.45, 2.75) is 44.8 Å². The van der Waals surface area contributed by atoms with Gasteiger partial charge in [0.15, 0.2) is 0 Å². The van der Waals surface area contributed by atoms with Crippen molar-refractivity contribution < 1.29 is 9.53 Å². The van der Waals surface area contributed by atoms with Gasteiger partial charge in [0.1, 0.15) is 5.60 Å². The Morgan fingerprint density at radius 1 is 1.16 bits per heavy atom. The maximum atomic E-state index is 12.8. The summed E-state index contributed by atoms with van der Waals surface area (Å²) >= 11 is 12.6. The summed E-state index contributed by atoms with van der Waals surface area (Å²) in [6, 6.07) is 10.5. The molecule has 5 nitrogen and oxygen atoms in total. The van der Waals surface area contributed by atoms with Gasteiger partial charge in [-0.3, -0.25) is 0 Å². The predicted molar refractivity (Wildman–Crippen MR) is 127 cm³/mol. The Labute approximate surface area is 193 Å². The highest BCUT2D eigenvalue weighted by atomic mass is 35.5. The molecule has 0 radical (unpaired) electrons. The van der Waals surface area contributed by atoms with E-state index in [1.54, 1.807) is 6.07 Å². The molecular weight excluding hydrogens is 433 g/mol. The van der Waals surface area contributed by atoms with Crippen LogP contribution in [0.25, 0.3) is 11.1 Å². The number of halogens is 2. The highest BCUT2D eigenvalue weighted by molar-refractivity contribution is 6.36. The van der Waals surface area contributed by atoms with E-state index < -0.39 is 5.60 Å². The first-order valence-electron chi connectivity index (χ1n) is 10.8. The summed E-state index contributed by atoms with van der Waals surface area (Å²) in [6.07, 6.45) is 0.714. The monoisotopic (exact) mass is 459 g/mol. The number of carbonyl (C=O) groups excluding carboxylic acids is 1. The highest BCUT2D eigenvalue weighted by Crippen LogP contribution is 2.51. The van der Waals surface area contributed by atoms with Crippen molar-refractivity contribution in [1.82, 2.24) is 4.90 Å². The summed E-state index contributed by atoms with van der Waals surface area (Å²) < 4.78 is 5.65. The lowest BCUT2D eigenvalue weighted by Crippen LogP contribution is -2.50. The number of nitrogens with zero attached hydrogens (tertiary/aromatic N) is 2. The summed E-state index contributed by atoms with van der Waals surface area (Å²) in [5.74, 6) is 0.251. The number of fused-ring (bicyclic) bond motifs is 3. The van der Waals surface area contributed by atoms with E-state index in [0.29, 0.717) is 22.6 Å². The molecule has 0 bridgehead atoms. The van der Waals surface area contributed by atoms with E-state index in [-0.39, 0.29) is 12.0 Å². The molecule has 0 aromatic heterocycles. The van der Waals surface area contributed by atoms with E-state index >= 15 is 0 Å². The Kier molecular flexibility index (Phi) is 5.02. The van der Waals surface area contributed by atoms with E-state index in [9.17, 15) is 4.79 Å². The smallest absolute Gasteiger partial charge is 0.410 e. The van der Waals surface area contributed by atoms with Gasteiger partial charge in [0.05, 0.1) is 11.4 Å². The van der Waals surface area contributed by atoms with E-state index in [0.717, 1.165) is 42.9 Å². The number of rotatable bonds is 1. The van der Waals surface area contributed by atoms with Crippen LogP contribution in [0.2, 0.25) is 10.0 Å². The van der Waals surface area contributed by atoms with Gasteiger partial charge in [-0.05, 0) is 62.6 Å². The molecule has 2 aromatic rings. The molecule has 2 aromatic carbocycles. The number of nitrogens with one attached hydrogen (secondary N) is 1. The molecule has 1 N–H and O–H groups in total. The van der Waals surface area contributed by atoms with Crippen molar-refractivity contribution in [3.05, 3.63) is 45.9 Å². The van der Waals surface area contributed by atoms with Gasteiger partial charge in [-0.1, -0.05) is 29.3 Å². The molecule has 1 fully saturated rings. The number of anilines is 2. The maximum Gasteiger partial charge on any atom is 0.410 e. The Balaban J connectivity index is 1.53. The quantitative estimate of drug-likeness (QED) is 0.567. The number of amides is 1. The van der Waals surface area contributed by atoms with Crippen LogP contribution in [0.1, 0.15) is 38.7 Å². The third-order valence-electron chi connectivity index (χ3n) is 6.36. The summed E-state index contributed by atoms with van der Waals surface area (Å²) in [6.45, 7) is 9.00. The molecular formula is C24H27Cl2N3O2. The van der Waals surface area contributed by atoms with Crippen molar-refractivity contribution >= 4 is 40.7 Å². The lowest BCUT2D eigenvalue weighted by molar-refractivity contribution is 0.0189. The van der Waals surface area contributed by atoms with E-state index in [1.807, 2.05) is 37.8 Å². The van der Waals surface area contributed by atoms with E-state index in [4.69, 9.17) is 27.9 Å². The zero-order valence-corrected chi connectivity index (χ0v) is 19.6. The zero-order valence-electron chi connectivity index (χ0n) is 18.0. The minimum Gasteiger partial charge on any atom is -0.444 e. The Morgan fingerprint density at radius 2 is 1.97 bits per heavy atom. The lowest BCUT2D eigenvalue weighted by atomic mass is 9.87. The molecule has 0 unspecified atom stereocenters. The molecule has 5 rings (SSSR count). The number of carbonyl (C=O) groups is 1. The van der Waals surface area contributed by atoms with Crippen LogP contribution in [0.3, 0.4) is 0 Å². The third-order valence-corrected chi connectivity index (χ3v) is 6.91. The normalized spacial score (nSPS) is 22.0. The SMILES string of the molecule is CC(C)(C)OC(=O)N1CC[C@H]2[C@@H](C1)c1cc(-c3ccc(Cl)cc3Cl)cc3c1N2CCN3. The van der Waals surface area contributed by atoms with E-state index in [2.05, 4.69) is 22.3 Å². The minimum atomic E-state index is -0.494. The van der Waals surface area contributed by atoms with Crippen LogP contribution in [-0.2, 0) is 4.74 Å². The number of ether oxygens (including phenoxy) is 1. The van der Waals surface area contributed by atoms with Gasteiger partial charge < -0.3 is 19.9 Å². The molecule has 3 aliphatic rings. The summed E-state index contributed by atoms with van der Waals surface area (Å²) in [4.78, 5) is 17.2. The van der Waals surface area contributed by atoms with Crippen molar-refractivity contribution in [3.63, 3.8) is 0 Å². The molecule has 3 aliphatic heterocycles. The second-order valence-corrected chi connectivity index (χ2v) is 10.4. The third kappa shape index (κ3) is 3.72. The topological polar surface area (TPSA) is 44.8 Å². The Bertz CT molecular complexity index is 1050. The van der Waals surface area contributed by atoms with Crippen molar-refractivity contribution in [3.8, 4) is 11.1 Å². The van der Waals surface area contributed by atoms with Crippen LogP contribution < -0.4 is 10.2 Å². The minimum absolute atomic E-state index is 0.226. The number of piperidine rings is 1. The van der Waals surface area contributed by atoms with Crippen LogP contribution in [0.4, 0.5) is 16.2 Å². The number of hydrogen-bond acceptors (Lipinski definition) is 4. The summed E-state index contributed by atoms with van der Waals surface area (Å²) in [5, 5.41) is 4.84. The molecule has 0 spiro atoms. The zero-order chi connectivity index (χ0) is 21.9. The fraction of sp³-hybridized carbons (Fsp3) is 0.458. The van der Waals surface area contributed by atoms with Crippen LogP contribution in [0, 0.1) is 0 Å². The Hall–Kier alpha value is -2.11. The standard InChI is InChI=1S/C24H27Cl2N3O2/c1-24(2,3)31-23(30)28-8-6-21-18(13-28)17-10-14(16-5-4-15(25)12-19(16)26)11-20-22(17)29(21)9-7-27-20/h4-5,10-12,18,21,27H,6-9,13H2,1-3H3/t18-,21-/m0/s1. The highest BCUT2D eigenvalue weighted by Gasteiger charge is 2.45. The van der Waals surface area contributed by atoms with Gasteiger partial charge in [-0.2, -0.15) is 0 Å². The average molecular weight is 460 g/mol. The second kappa shape index (κ2) is 7.49. The van der Waals surface area contributed by atoms with Gasteiger partial charge in [-0.25, -0.2) is 4.79 Å². The van der Waals surface area contributed by atoms with E-state index in [1.165, 1.54) is 11.3 Å². The van der Waals surface area contributed by atoms with Gasteiger partial charge in [0.2, 0.25) is 0 Å². The van der Waals surface area contributed by atoms with Crippen LogP contribution in [0.15, 0.2) is 30.3 Å².